The van der Waals surface area contributed by atoms with E-state index >= 15 is 0 Å². The van der Waals surface area contributed by atoms with E-state index in [-0.39, 0.29) is 24.8 Å². The highest BCUT2D eigenvalue weighted by molar-refractivity contribution is 5.85. The Bertz CT molecular complexity index is 788. The fourth-order valence-electron chi connectivity index (χ4n) is 2.11. The predicted octanol–water partition coefficient (Wildman–Crippen LogP) is 1.80. The normalized spacial score (nSPS) is 11.8. The second-order valence-electron chi connectivity index (χ2n) is 8.88. The van der Waals surface area contributed by atoms with Gasteiger partial charge in [-0.3, -0.25) is 9.59 Å². The molecular formula is C24H30IO4+. The second kappa shape index (κ2) is 9.74. The summed E-state index contributed by atoms with van der Waals surface area (Å²) in [5.74, 6) is 1.60. The van der Waals surface area contributed by atoms with Crippen LogP contribution >= 0.6 is 0 Å². The first-order chi connectivity index (χ1) is 13.5. The summed E-state index contributed by atoms with van der Waals surface area (Å²) in [6.45, 7) is 11.5. The number of benzene rings is 2. The molecule has 4 nitrogen and oxygen atoms in total. The molecule has 0 aliphatic rings. The second-order valence-corrected chi connectivity index (χ2v) is 11.7. The highest BCUT2D eigenvalue weighted by atomic mass is 127. The van der Waals surface area contributed by atoms with Crippen LogP contribution in [-0.4, -0.2) is 24.8 Å². The van der Waals surface area contributed by atoms with E-state index in [1.165, 1.54) is 0 Å². The quantitative estimate of drug-likeness (QED) is 0.510. The Morgan fingerprint density at radius 1 is 0.690 bits per heavy atom. The molecule has 0 aromatic heterocycles. The Morgan fingerprint density at radius 3 is 1.38 bits per heavy atom. The van der Waals surface area contributed by atoms with E-state index in [2.05, 4.69) is 0 Å². The highest BCUT2D eigenvalue weighted by Gasteiger charge is 2.28. The number of hydrogen-bond donors (Lipinski definition) is 0. The van der Waals surface area contributed by atoms with Gasteiger partial charge in [-0.25, -0.2) is 0 Å². The molecular weight excluding hydrogens is 479 g/mol. The van der Waals surface area contributed by atoms with Crippen molar-refractivity contribution in [2.24, 2.45) is 10.8 Å². The molecule has 5 heteroatoms. The molecule has 0 saturated heterocycles. The van der Waals surface area contributed by atoms with Gasteiger partial charge < -0.3 is 9.47 Å². The van der Waals surface area contributed by atoms with Gasteiger partial charge in [-0.2, -0.15) is 0 Å². The van der Waals surface area contributed by atoms with Gasteiger partial charge in [0.15, 0.2) is 23.1 Å². The molecule has 0 amide bonds. The van der Waals surface area contributed by atoms with Gasteiger partial charge in [0.25, 0.3) is 0 Å². The molecule has 0 heterocycles. The number of ether oxygens (including phenoxy) is 2. The molecule has 0 N–H and O–H groups in total. The Hall–Kier alpha value is -1.89. The van der Waals surface area contributed by atoms with E-state index < -0.39 is 32.0 Å². The lowest BCUT2D eigenvalue weighted by atomic mass is 9.91. The minimum Gasteiger partial charge on any atom is -0.481 e. The fourth-order valence-corrected chi connectivity index (χ4v) is 4.71. The maximum atomic E-state index is 12.2. The summed E-state index contributed by atoms with van der Waals surface area (Å²) < 4.78 is 13.9. The monoisotopic (exact) mass is 509 g/mol. The van der Waals surface area contributed by atoms with Gasteiger partial charge in [0, 0.05) is 10.8 Å². The zero-order chi connectivity index (χ0) is 21.7. The van der Waals surface area contributed by atoms with Crippen LogP contribution in [0.25, 0.3) is 0 Å². The summed E-state index contributed by atoms with van der Waals surface area (Å²) in [5.41, 5.74) is -0.853. The number of halogens is 1. The smallest absolute Gasteiger partial charge is 0.366 e. The van der Waals surface area contributed by atoms with Crippen LogP contribution in [0.3, 0.4) is 0 Å². The topological polar surface area (TPSA) is 52.6 Å². The molecule has 2 aromatic rings. The zero-order valence-electron chi connectivity index (χ0n) is 18.0. The van der Waals surface area contributed by atoms with E-state index in [1.54, 1.807) is 0 Å². The first-order valence-corrected chi connectivity index (χ1v) is 11.8. The van der Waals surface area contributed by atoms with Crippen molar-refractivity contribution >= 4 is 11.6 Å². The molecule has 0 fully saturated rings. The molecule has 0 aliphatic carbocycles. The molecule has 0 bridgehead atoms. The lowest BCUT2D eigenvalue weighted by molar-refractivity contribution is -0.598. The van der Waals surface area contributed by atoms with E-state index in [9.17, 15) is 9.59 Å². The largest absolute Gasteiger partial charge is 0.481 e. The molecule has 2 rings (SSSR count). The molecule has 0 spiro atoms. The van der Waals surface area contributed by atoms with Crippen molar-refractivity contribution in [1.82, 2.24) is 0 Å². The number of hydrogen-bond acceptors (Lipinski definition) is 4. The highest BCUT2D eigenvalue weighted by Crippen LogP contribution is 2.18. The standard InChI is InChI=1S/C24H30IO4/c1-23(2,3)21(26)15-28-19-13-9-7-11-17(19)25-18-12-8-10-14-20(18)29-16-22(27)24(4,5)6/h7-14H,15-16H2,1-6H3/q+1. The van der Waals surface area contributed by atoms with Crippen LogP contribution in [0.4, 0.5) is 0 Å². The molecule has 0 saturated carbocycles. The Morgan fingerprint density at radius 2 is 1.03 bits per heavy atom. The van der Waals surface area contributed by atoms with Crippen molar-refractivity contribution < 1.29 is 40.3 Å². The van der Waals surface area contributed by atoms with Crippen molar-refractivity contribution in [2.45, 2.75) is 41.5 Å². The van der Waals surface area contributed by atoms with E-state index in [4.69, 9.17) is 9.47 Å². The molecule has 29 heavy (non-hydrogen) atoms. The zero-order valence-corrected chi connectivity index (χ0v) is 20.2. The van der Waals surface area contributed by atoms with E-state index in [0.29, 0.717) is 0 Å². The van der Waals surface area contributed by atoms with Crippen LogP contribution in [0.2, 0.25) is 0 Å². The maximum Gasteiger partial charge on any atom is 0.366 e. The van der Waals surface area contributed by atoms with Gasteiger partial charge in [0.05, 0.1) is 0 Å². The van der Waals surface area contributed by atoms with Crippen molar-refractivity contribution in [3.63, 3.8) is 0 Å². The molecule has 0 unspecified atom stereocenters. The van der Waals surface area contributed by atoms with Crippen molar-refractivity contribution in [1.29, 1.82) is 0 Å². The van der Waals surface area contributed by atoms with Gasteiger partial charge in [0.2, 0.25) is 7.14 Å². The van der Waals surface area contributed by atoms with E-state index in [0.717, 1.165) is 18.6 Å². The van der Waals surface area contributed by atoms with Crippen molar-refractivity contribution in [3.05, 3.63) is 55.7 Å². The Labute approximate surface area is 184 Å². The SMILES string of the molecule is CC(C)(C)C(=O)COc1ccccc1[I+]c1ccccc1OCC(=O)C(C)(C)C. The molecule has 0 aliphatic heterocycles. The van der Waals surface area contributed by atoms with Crippen LogP contribution in [0.1, 0.15) is 41.5 Å². The summed E-state index contributed by atoms with van der Waals surface area (Å²) in [7, 11) is 0. The summed E-state index contributed by atoms with van der Waals surface area (Å²) in [4.78, 5) is 24.4. The summed E-state index contributed by atoms with van der Waals surface area (Å²) in [6, 6.07) is 15.6. The van der Waals surface area contributed by atoms with Crippen molar-refractivity contribution in [3.8, 4) is 11.5 Å². The van der Waals surface area contributed by atoms with Crippen LogP contribution in [0, 0.1) is 18.0 Å². The summed E-state index contributed by atoms with van der Waals surface area (Å²) in [6.07, 6.45) is 0. The summed E-state index contributed by atoms with van der Waals surface area (Å²) in [5, 5.41) is 0. The molecule has 0 atom stereocenters. The maximum absolute atomic E-state index is 12.2. The molecule has 0 radical (unpaired) electrons. The molecule has 156 valence electrons. The average molecular weight is 509 g/mol. The number of rotatable bonds is 8. The number of carbonyl (C=O) groups excluding carboxylic acids is 2. The van der Waals surface area contributed by atoms with Crippen LogP contribution in [0.15, 0.2) is 48.5 Å². The first-order valence-electron chi connectivity index (χ1n) is 9.63. The summed E-state index contributed by atoms with van der Waals surface area (Å²) >= 11 is -0.609. The minimum atomic E-state index is -0.609. The predicted molar refractivity (Wildman–Crippen MR) is 110 cm³/mol. The molecule has 2 aromatic carbocycles. The van der Waals surface area contributed by atoms with E-state index in [1.807, 2.05) is 90.1 Å². The van der Waals surface area contributed by atoms with Crippen LogP contribution in [-0.2, 0) is 9.59 Å². The third-order valence-corrected chi connectivity index (χ3v) is 7.21. The van der Waals surface area contributed by atoms with Gasteiger partial charge in [-0.15, -0.1) is 0 Å². The van der Waals surface area contributed by atoms with Gasteiger partial charge in [-0.05, 0) is 24.3 Å². The average Bonchev–Trinajstić information content (AvgIpc) is 2.64. The van der Waals surface area contributed by atoms with Crippen molar-refractivity contribution in [2.75, 3.05) is 13.2 Å². The van der Waals surface area contributed by atoms with Crippen LogP contribution < -0.4 is 30.7 Å². The number of ketones is 2. The fraction of sp³-hybridized carbons (Fsp3) is 0.417. The van der Waals surface area contributed by atoms with Crippen LogP contribution in [0.5, 0.6) is 11.5 Å². The third kappa shape index (κ3) is 7.14. The minimum absolute atomic E-state index is 0.0580. The lowest BCUT2D eigenvalue weighted by Gasteiger charge is -2.17. The van der Waals surface area contributed by atoms with Gasteiger partial charge in [-0.1, -0.05) is 65.8 Å². The number of Topliss-reactive ketones (excluding diaryl/α,β-unsaturated/α-hetero) is 2. The first kappa shape index (κ1) is 23.4. The number of carbonyl (C=O) groups is 2. The lowest BCUT2D eigenvalue weighted by Crippen LogP contribution is -3.61. The van der Waals surface area contributed by atoms with Gasteiger partial charge >= 0.3 is 21.2 Å². The van der Waals surface area contributed by atoms with Gasteiger partial charge in [0.1, 0.15) is 13.2 Å². The number of para-hydroxylation sites is 2. The Kier molecular flexibility index (Phi) is 7.86. The Balaban J connectivity index is 2.15. The third-order valence-electron chi connectivity index (χ3n) is 4.27.